The Bertz CT molecular complexity index is 1150. The van der Waals surface area contributed by atoms with E-state index in [0.29, 0.717) is 0 Å². The van der Waals surface area contributed by atoms with Crippen LogP contribution >= 0.6 is 0 Å². The van der Waals surface area contributed by atoms with Crippen LogP contribution in [0.3, 0.4) is 0 Å². The van der Waals surface area contributed by atoms with Crippen LogP contribution in [0.1, 0.15) is 0 Å². The molecule has 0 bridgehead atoms. The number of halogens is 29. The van der Waals surface area contributed by atoms with E-state index >= 15 is 0 Å². The molecule has 0 unspecified atom stereocenters. The summed E-state index contributed by atoms with van der Waals surface area (Å²) in [6, 6.07) is 0. The van der Waals surface area contributed by atoms with E-state index in [0.717, 1.165) is 14.2 Å². The lowest BCUT2D eigenvalue weighted by atomic mass is 10.2. The third kappa shape index (κ3) is 7.84. The molecule has 0 spiro atoms. The van der Waals surface area contributed by atoms with Crippen molar-refractivity contribution in [1.29, 1.82) is 0 Å². The van der Waals surface area contributed by atoms with Gasteiger partial charge in [0, 0.05) is 0 Å². The highest BCUT2D eigenvalue weighted by Crippen LogP contribution is 2.61. The topological polar surface area (TPSA) is 57.2 Å². The molecule has 0 saturated heterocycles. The molecular formula is C15H3F29O5. The lowest BCUT2D eigenvalue weighted by molar-refractivity contribution is -0.593. The van der Waals surface area contributed by atoms with Crippen molar-refractivity contribution in [2.45, 2.75) is 84.7 Å². The van der Waals surface area contributed by atoms with E-state index in [9.17, 15) is 127 Å². The molecule has 1 N–H and O–H groups in total. The molecule has 0 fully saturated rings. The number of hydrogen-bond donors (Lipinski definition) is 1. The number of hydrogen-bond acceptors (Lipinski definition) is 5. The molecular weight excluding hydrogens is 811 g/mol. The van der Waals surface area contributed by atoms with Gasteiger partial charge in [0.1, 0.15) is 6.61 Å². The zero-order chi connectivity index (χ0) is 40.5. The van der Waals surface area contributed by atoms with Gasteiger partial charge in [-0.25, -0.2) is 0 Å². The van der Waals surface area contributed by atoms with E-state index in [1.807, 2.05) is 0 Å². The van der Waals surface area contributed by atoms with Crippen LogP contribution in [0.2, 0.25) is 0 Å². The molecule has 0 aromatic rings. The highest BCUT2D eigenvalue weighted by Gasteiger charge is 2.90. The molecule has 0 amide bonds. The molecule has 0 rings (SSSR count). The van der Waals surface area contributed by atoms with Crippen LogP contribution in [0, 0.1) is 0 Å². The summed E-state index contributed by atoms with van der Waals surface area (Å²) in [5.74, 6) is -42.2. The van der Waals surface area contributed by atoms with Crippen LogP contribution < -0.4 is 0 Å². The highest BCUT2D eigenvalue weighted by molar-refractivity contribution is 4.99. The van der Waals surface area contributed by atoms with Crippen LogP contribution in [0.4, 0.5) is 127 Å². The van der Waals surface area contributed by atoms with Crippen LogP contribution in [-0.4, -0.2) is 96.4 Å². The second-order valence-electron chi connectivity index (χ2n) is 8.21. The first-order valence-corrected chi connectivity index (χ1v) is 10.0. The SMILES string of the molecule is OC[C@@](F)(OC(F)(F)[C@@](F)(OC(F)(F)[C@@](F)(OC(F)(F)[C@@](F)(OC(F)(F)C(F)(F)C(F)(F)F)C(F)(F)F)C(F)(F)F)C(F)(F)F)C(F)(F)F. The summed E-state index contributed by atoms with van der Waals surface area (Å²) in [4.78, 5) is 0. The van der Waals surface area contributed by atoms with Crippen molar-refractivity contribution in [3.63, 3.8) is 0 Å². The first kappa shape index (κ1) is 46.8. The summed E-state index contributed by atoms with van der Waals surface area (Å²) in [6.45, 7) is -3.78. The Morgan fingerprint density at radius 3 is 0.694 bits per heavy atom. The fourth-order valence-electron chi connectivity index (χ4n) is 2.19. The Labute approximate surface area is 244 Å². The van der Waals surface area contributed by atoms with Gasteiger partial charge in [-0.3, -0.25) is 18.9 Å². The van der Waals surface area contributed by atoms with E-state index in [2.05, 4.69) is 0 Å². The molecule has 34 heteroatoms. The van der Waals surface area contributed by atoms with Crippen LogP contribution in [-0.2, 0) is 18.9 Å². The minimum absolute atomic E-state index is 0.845. The van der Waals surface area contributed by atoms with Crippen molar-refractivity contribution in [2.24, 2.45) is 0 Å². The van der Waals surface area contributed by atoms with Gasteiger partial charge in [0.2, 0.25) is 0 Å². The molecule has 0 saturated carbocycles. The zero-order valence-corrected chi connectivity index (χ0v) is 20.7. The fourth-order valence-corrected chi connectivity index (χ4v) is 2.19. The smallest absolute Gasteiger partial charge is 0.390 e. The van der Waals surface area contributed by atoms with E-state index in [-0.39, 0.29) is 0 Å². The molecule has 0 aliphatic rings. The van der Waals surface area contributed by atoms with Gasteiger partial charge in [-0.05, 0) is 0 Å². The maximum atomic E-state index is 14.3. The minimum atomic E-state index is -9.19. The Kier molecular flexibility index (Phi) is 11.6. The quantitative estimate of drug-likeness (QED) is 0.189. The van der Waals surface area contributed by atoms with E-state index in [1.165, 1.54) is 4.74 Å². The lowest BCUT2D eigenvalue weighted by Gasteiger charge is -2.44. The minimum Gasteiger partial charge on any atom is -0.390 e. The normalized spacial score (nSPS) is 20.7. The van der Waals surface area contributed by atoms with Gasteiger partial charge >= 0.3 is 84.7 Å². The predicted molar refractivity (Wildman–Crippen MR) is 81.8 cm³/mol. The van der Waals surface area contributed by atoms with Crippen molar-refractivity contribution in [1.82, 2.24) is 0 Å². The van der Waals surface area contributed by atoms with Gasteiger partial charge in [0.15, 0.2) is 0 Å². The van der Waals surface area contributed by atoms with Crippen molar-refractivity contribution in [2.75, 3.05) is 6.61 Å². The summed E-state index contributed by atoms with van der Waals surface area (Å²) in [5, 5.41) is 8.11. The molecule has 0 radical (unpaired) electrons. The third-order valence-corrected chi connectivity index (χ3v) is 4.66. The van der Waals surface area contributed by atoms with Crippen LogP contribution in [0.25, 0.3) is 0 Å². The number of alkyl halides is 29. The maximum absolute atomic E-state index is 14.3. The Morgan fingerprint density at radius 2 is 0.510 bits per heavy atom. The molecule has 0 aromatic carbocycles. The monoisotopic (exact) mass is 814 g/mol. The molecule has 0 aromatic heterocycles. The predicted octanol–water partition coefficient (Wildman–Crippen LogP) is 8.53. The number of rotatable bonds is 13. The van der Waals surface area contributed by atoms with Crippen molar-refractivity contribution in [3.8, 4) is 0 Å². The number of aliphatic hydroxyl groups excluding tert-OH is 1. The fraction of sp³-hybridized carbons (Fsp3) is 1.00. The van der Waals surface area contributed by atoms with Crippen molar-refractivity contribution in [3.05, 3.63) is 0 Å². The number of aliphatic hydroxyl groups is 1. The summed E-state index contributed by atoms with van der Waals surface area (Å²) < 4.78 is 386. The standard InChI is InChI=1S/C15H3F29O5/c16-2(1-45,7(22,23)24)46-13(39,40)4(19,9(28,29)30)48-15(43,44)6(21,11(34,35)36)49-14(41,42)5(20,10(31,32)33)47-12(37,38)3(17,18)8(25,26)27/h45H,1H2/t2-,4+,5+,6+/m1/s1. The molecule has 0 aliphatic carbocycles. The molecule has 0 aliphatic heterocycles. The van der Waals surface area contributed by atoms with Gasteiger partial charge in [-0.1, -0.05) is 0 Å². The van der Waals surface area contributed by atoms with Gasteiger partial charge in [0.05, 0.1) is 0 Å². The van der Waals surface area contributed by atoms with Crippen molar-refractivity contribution < 1.29 is 151 Å². The summed E-state index contributed by atoms with van der Waals surface area (Å²) in [6.07, 6.45) is -76.7. The van der Waals surface area contributed by atoms with Crippen LogP contribution in [0.15, 0.2) is 0 Å². The summed E-state index contributed by atoms with van der Waals surface area (Å²) in [5.41, 5.74) is 0. The summed E-state index contributed by atoms with van der Waals surface area (Å²) >= 11 is 0. The van der Waals surface area contributed by atoms with Gasteiger partial charge in [-0.15, -0.1) is 0 Å². The Balaban J connectivity index is 7.61. The second-order valence-corrected chi connectivity index (χ2v) is 8.21. The number of ether oxygens (including phenoxy) is 4. The second kappa shape index (κ2) is 12.2. The average molecular weight is 814 g/mol. The largest absolute Gasteiger partial charge is 0.462 e. The Morgan fingerprint density at radius 1 is 0.286 bits per heavy atom. The first-order chi connectivity index (χ1) is 20.6. The highest BCUT2D eigenvalue weighted by atomic mass is 19.4. The average Bonchev–Trinajstić information content (AvgIpc) is 2.78. The Hall–Kier alpha value is -2.23. The van der Waals surface area contributed by atoms with E-state index < -0.39 is 91.3 Å². The maximum Gasteiger partial charge on any atom is 0.462 e. The van der Waals surface area contributed by atoms with E-state index in [1.54, 1.807) is 0 Å². The molecule has 296 valence electrons. The molecule has 5 nitrogen and oxygen atoms in total. The van der Waals surface area contributed by atoms with Crippen LogP contribution in [0.5, 0.6) is 0 Å². The molecule has 0 heterocycles. The van der Waals surface area contributed by atoms with Gasteiger partial charge < -0.3 is 5.11 Å². The van der Waals surface area contributed by atoms with Gasteiger partial charge in [0.25, 0.3) is 0 Å². The zero-order valence-electron chi connectivity index (χ0n) is 20.7. The van der Waals surface area contributed by atoms with Crippen molar-refractivity contribution >= 4 is 0 Å². The van der Waals surface area contributed by atoms with Gasteiger partial charge in [-0.2, -0.15) is 127 Å². The lowest BCUT2D eigenvalue weighted by Crippen LogP contribution is -2.72. The summed E-state index contributed by atoms with van der Waals surface area (Å²) in [7, 11) is 0. The third-order valence-electron chi connectivity index (χ3n) is 4.66. The molecule has 4 atom stereocenters. The first-order valence-electron chi connectivity index (χ1n) is 10.0. The molecule has 49 heavy (non-hydrogen) atoms. The van der Waals surface area contributed by atoms with E-state index in [4.69, 9.17) is 5.11 Å².